The van der Waals surface area contributed by atoms with Gasteiger partial charge in [-0.1, -0.05) is 51.0 Å². The highest BCUT2D eigenvalue weighted by molar-refractivity contribution is 6.02. The zero-order chi connectivity index (χ0) is 28.7. The van der Waals surface area contributed by atoms with Crippen molar-refractivity contribution in [1.29, 1.82) is 0 Å². The molecular weight excluding hydrogens is 520 g/mol. The smallest absolute Gasteiger partial charge is 0.246 e. The Kier molecular flexibility index (Phi) is 7.96. The Morgan fingerprint density at radius 2 is 1.90 bits per heavy atom. The minimum atomic E-state index is -1.14. The maximum absolute atomic E-state index is 14.2. The second kappa shape index (κ2) is 11.5. The fourth-order valence-electron chi connectivity index (χ4n) is 7.79. The Bertz CT molecular complexity index is 1200. The molecule has 1 aliphatic carbocycles. The van der Waals surface area contributed by atoms with Gasteiger partial charge in [0.2, 0.25) is 17.7 Å². The van der Waals surface area contributed by atoms with Crippen LogP contribution in [0.2, 0.25) is 0 Å². The molecule has 1 spiro atoms. The largest absolute Gasteiger partial charge is 0.379 e. The van der Waals surface area contributed by atoms with Crippen molar-refractivity contribution in [3.63, 3.8) is 0 Å². The molecule has 8 atom stereocenters. The van der Waals surface area contributed by atoms with Gasteiger partial charge in [0.1, 0.15) is 11.6 Å². The number of hydrogen-bond donors (Lipinski definition) is 2. The lowest BCUT2D eigenvalue weighted by Gasteiger charge is -2.38. The van der Waals surface area contributed by atoms with Gasteiger partial charge in [-0.2, -0.15) is 0 Å². The van der Waals surface area contributed by atoms with E-state index in [0.717, 1.165) is 44.5 Å². The first-order chi connectivity index (χ1) is 19.8. The molecule has 5 aliphatic rings. The first-order valence-corrected chi connectivity index (χ1v) is 15.4. The normalized spacial score (nSPS) is 36.4. The number of likely N-dealkylation sites (tertiary alicyclic amines) is 1. The molecule has 9 heteroatoms. The summed E-state index contributed by atoms with van der Waals surface area (Å²) in [6.07, 6.45) is 7.17. The molecule has 6 rings (SSSR count). The molecule has 3 amide bonds. The third kappa shape index (κ3) is 5.21. The fraction of sp³-hybridized carbons (Fsp3) is 0.656. The van der Waals surface area contributed by atoms with E-state index in [0.29, 0.717) is 37.3 Å². The summed E-state index contributed by atoms with van der Waals surface area (Å²) in [5.74, 6) is -1.10. The predicted molar refractivity (Wildman–Crippen MR) is 155 cm³/mol. The van der Waals surface area contributed by atoms with Crippen LogP contribution in [-0.4, -0.2) is 90.7 Å². The van der Waals surface area contributed by atoms with Crippen molar-refractivity contribution in [3.05, 3.63) is 42.0 Å². The highest BCUT2D eigenvalue weighted by Crippen LogP contribution is 2.55. The second-order valence-corrected chi connectivity index (χ2v) is 12.8. The molecular formula is C32H44N4O5. The van der Waals surface area contributed by atoms with Gasteiger partial charge < -0.3 is 25.0 Å². The number of benzene rings is 1. The second-order valence-electron chi connectivity index (χ2n) is 12.8. The number of carbonyl (C=O) groups is 3. The van der Waals surface area contributed by atoms with Crippen LogP contribution in [0, 0.1) is 30.6 Å². The highest BCUT2D eigenvalue weighted by Gasteiger charge is 2.72. The standard InChI is InChI=1S/C32H44N4O5/c1-20-7-4-9-23(19-20)33-29(37)26-25-11-12-32(41-25)27(26)31(39)36(14-6-13-35-15-17-40-18-16-35)28(32)30(38)34-24-10-5-8-21(2)22(24)3/h4,7,9,11-12,19,21-22,24-28H,5-6,8,10,13-18H2,1-3H3,(H,33,37)(H,34,38)/t21?,22?,24?,25-,26?,27-,28?,32?/m0/s1. The van der Waals surface area contributed by atoms with E-state index in [-0.39, 0.29) is 23.8 Å². The van der Waals surface area contributed by atoms with Crippen molar-refractivity contribution in [1.82, 2.24) is 15.1 Å². The number of nitrogens with one attached hydrogen (secondary N) is 2. The van der Waals surface area contributed by atoms with Crippen molar-refractivity contribution in [3.8, 4) is 0 Å². The molecule has 1 aromatic carbocycles. The van der Waals surface area contributed by atoms with Gasteiger partial charge in [0.25, 0.3) is 0 Å². The van der Waals surface area contributed by atoms with Crippen LogP contribution in [0.5, 0.6) is 0 Å². The third-order valence-electron chi connectivity index (χ3n) is 10.2. The lowest BCUT2D eigenvalue weighted by Crippen LogP contribution is -2.58. The van der Waals surface area contributed by atoms with E-state index in [4.69, 9.17) is 9.47 Å². The third-order valence-corrected chi connectivity index (χ3v) is 10.2. The number of amides is 3. The van der Waals surface area contributed by atoms with E-state index in [1.807, 2.05) is 43.3 Å². The molecule has 0 aromatic heterocycles. The van der Waals surface area contributed by atoms with Crippen LogP contribution in [0.1, 0.15) is 45.1 Å². The maximum Gasteiger partial charge on any atom is 0.246 e. The molecule has 222 valence electrons. The lowest BCUT2D eigenvalue weighted by atomic mass is 9.73. The molecule has 1 aromatic rings. The van der Waals surface area contributed by atoms with Crippen LogP contribution >= 0.6 is 0 Å². The Morgan fingerprint density at radius 1 is 1.10 bits per heavy atom. The van der Waals surface area contributed by atoms with E-state index in [1.165, 1.54) is 6.42 Å². The molecule has 9 nitrogen and oxygen atoms in total. The number of hydrogen-bond acceptors (Lipinski definition) is 6. The van der Waals surface area contributed by atoms with E-state index >= 15 is 0 Å². The van der Waals surface area contributed by atoms with Crippen LogP contribution in [0.15, 0.2) is 36.4 Å². The number of carbonyl (C=O) groups excluding carboxylic acids is 3. The Balaban J connectivity index is 1.25. The Hall–Kier alpha value is -2.75. The van der Waals surface area contributed by atoms with E-state index < -0.39 is 29.6 Å². The number of morpholine rings is 1. The monoisotopic (exact) mass is 564 g/mol. The first-order valence-electron chi connectivity index (χ1n) is 15.4. The molecule has 1 saturated carbocycles. The average Bonchev–Trinajstić information content (AvgIpc) is 3.59. The molecule has 0 radical (unpaired) electrons. The Morgan fingerprint density at radius 3 is 2.68 bits per heavy atom. The van der Waals surface area contributed by atoms with Gasteiger partial charge in [-0.25, -0.2) is 0 Å². The fourth-order valence-corrected chi connectivity index (χ4v) is 7.79. The zero-order valence-electron chi connectivity index (χ0n) is 24.5. The first kappa shape index (κ1) is 28.4. The van der Waals surface area contributed by atoms with Gasteiger partial charge in [0, 0.05) is 37.9 Å². The van der Waals surface area contributed by atoms with Crippen molar-refractivity contribution >= 4 is 23.4 Å². The number of ether oxygens (including phenoxy) is 2. The quantitative estimate of drug-likeness (QED) is 0.471. The summed E-state index contributed by atoms with van der Waals surface area (Å²) in [5.41, 5.74) is 0.594. The van der Waals surface area contributed by atoms with E-state index in [9.17, 15) is 14.4 Å². The van der Waals surface area contributed by atoms with Crippen molar-refractivity contribution in [2.45, 2.75) is 70.2 Å². The molecule has 2 N–H and O–H groups in total. The van der Waals surface area contributed by atoms with Crippen LogP contribution in [0.3, 0.4) is 0 Å². The van der Waals surface area contributed by atoms with Gasteiger partial charge in [0.05, 0.1) is 31.2 Å². The van der Waals surface area contributed by atoms with Crippen molar-refractivity contribution in [2.75, 3.05) is 44.7 Å². The average molecular weight is 565 g/mol. The van der Waals surface area contributed by atoms with Crippen LogP contribution < -0.4 is 10.6 Å². The van der Waals surface area contributed by atoms with E-state index in [1.54, 1.807) is 4.90 Å². The summed E-state index contributed by atoms with van der Waals surface area (Å²) < 4.78 is 12.0. The number of rotatable bonds is 8. The van der Waals surface area contributed by atoms with Crippen molar-refractivity contribution in [2.24, 2.45) is 23.7 Å². The number of aryl methyl sites for hydroxylation is 1. The van der Waals surface area contributed by atoms with Gasteiger partial charge in [-0.3, -0.25) is 19.3 Å². The molecule has 3 saturated heterocycles. The van der Waals surface area contributed by atoms with Crippen molar-refractivity contribution < 1.29 is 23.9 Å². The maximum atomic E-state index is 14.2. The van der Waals surface area contributed by atoms with Gasteiger partial charge in [-0.05, 0) is 49.3 Å². The predicted octanol–water partition coefficient (Wildman–Crippen LogP) is 2.75. The summed E-state index contributed by atoms with van der Waals surface area (Å²) in [6.45, 7) is 10.9. The minimum Gasteiger partial charge on any atom is -0.379 e. The Labute approximate surface area is 243 Å². The summed E-state index contributed by atoms with van der Waals surface area (Å²) in [4.78, 5) is 46.1. The molecule has 2 bridgehead atoms. The van der Waals surface area contributed by atoms with Gasteiger partial charge >= 0.3 is 0 Å². The molecule has 4 fully saturated rings. The van der Waals surface area contributed by atoms with Gasteiger partial charge in [0.15, 0.2) is 0 Å². The number of nitrogens with zero attached hydrogens (tertiary/aromatic N) is 2. The van der Waals surface area contributed by atoms with Crippen LogP contribution in [0.4, 0.5) is 5.69 Å². The zero-order valence-corrected chi connectivity index (χ0v) is 24.5. The molecule has 6 unspecified atom stereocenters. The SMILES string of the molecule is Cc1cccc(NC(=O)C2[C@@H]3C=CC4(O3)C(C(=O)NC3CCCC(C)C3C)N(CCCN3CCOCC3)C(=O)[C@H]24)c1. The lowest BCUT2D eigenvalue weighted by molar-refractivity contribution is -0.141. The van der Waals surface area contributed by atoms with Gasteiger partial charge in [-0.15, -0.1) is 0 Å². The molecule has 4 aliphatic heterocycles. The van der Waals surface area contributed by atoms with Crippen LogP contribution in [0.25, 0.3) is 0 Å². The van der Waals surface area contributed by atoms with Crippen LogP contribution in [-0.2, 0) is 23.9 Å². The number of anilines is 1. The van der Waals surface area contributed by atoms with E-state index in [2.05, 4.69) is 29.4 Å². The topological polar surface area (TPSA) is 100 Å². The summed E-state index contributed by atoms with van der Waals surface area (Å²) in [6, 6.07) is 6.90. The molecule has 41 heavy (non-hydrogen) atoms. The summed E-state index contributed by atoms with van der Waals surface area (Å²) in [5, 5.41) is 6.36. The summed E-state index contributed by atoms with van der Waals surface area (Å²) in [7, 11) is 0. The number of fused-ring (bicyclic) bond motifs is 1. The molecule has 4 heterocycles. The summed E-state index contributed by atoms with van der Waals surface area (Å²) >= 11 is 0. The highest BCUT2D eigenvalue weighted by atomic mass is 16.5. The minimum absolute atomic E-state index is 0.0648.